The summed E-state index contributed by atoms with van der Waals surface area (Å²) in [4.78, 5) is 0. The summed E-state index contributed by atoms with van der Waals surface area (Å²) in [6, 6.07) is 17.7. The monoisotopic (exact) mass is 398 g/mol. The summed E-state index contributed by atoms with van der Waals surface area (Å²) in [5.41, 5.74) is 3.99. The molecule has 2 aromatic carbocycles. The Morgan fingerprint density at radius 3 is 1.54 bits per heavy atom. The summed E-state index contributed by atoms with van der Waals surface area (Å²) in [6.45, 7) is 20.7. The highest BCUT2D eigenvalue weighted by Crippen LogP contribution is 2.24. The van der Waals surface area contributed by atoms with Crippen molar-refractivity contribution in [1.29, 1.82) is 0 Å². The first-order valence-corrected chi connectivity index (χ1v) is 14.2. The summed E-state index contributed by atoms with van der Waals surface area (Å²) < 4.78 is 0. The van der Waals surface area contributed by atoms with Gasteiger partial charge in [-0.2, -0.15) is 0 Å². The van der Waals surface area contributed by atoms with Crippen LogP contribution in [0, 0.1) is 18.8 Å². The Bertz CT molecular complexity index is 678. The third kappa shape index (κ3) is 7.56. The van der Waals surface area contributed by atoms with Crippen LogP contribution in [0.4, 0.5) is 0 Å². The number of benzene rings is 2. The second-order valence-corrected chi connectivity index (χ2v) is 14.9. The lowest BCUT2D eigenvalue weighted by Gasteiger charge is -2.20. The lowest BCUT2D eigenvalue weighted by atomic mass is 9.89. The number of rotatable bonds is 6. The second kappa shape index (κ2) is 11.0. The molecule has 2 unspecified atom stereocenters. The van der Waals surface area contributed by atoms with E-state index >= 15 is 0 Å². The van der Waals surface area contributed by atoms with Crippen LogP contribution >= 0.6 is 0 Å². The predicted octanol–water partition coefficient (Wildman–Crippen LogP) is 6.72. The maximum atomic E-state index is 9.22. The summed E-state index contributed by atoms with van der Waals surface area (Å²) in [7, 11) is -1.12. The molecule has 28 heavy (non-hydrogen) atoms. The Morgan fingerprint density at radius 1 is 0.714 bits per heavy atom. The standard InChI is InChI=1S/C14H24Si.C12H18O/c1-11(2)12(3)13-7-9-14(10-8-13)15(4,5)6;1-9(2)12(8-13)11-6-4-10(3)5-7-11/h7-12H,1-6H3;4-7,9,12-13H,8H2,1-3H3. The third-order valence-corrected chi connectivity index (χ3v) is 7.87. The molecule has 2 heteroatoms. The van der Waals surface area contributed by atoms with Crippen molar-refractivity contribution in [2.24, 2.45) is 11.8 Å². The van der Waals surface area contributed by atoms with Crippen LogP contribution in [0.2, 0.25) is 19.6 Å². The lowest BCUT2D eigenvalue weighted by molar-refractivity contribution is 0.237. The smallest absolute Gasteiger partial charge is 0.0775 e. The van der Waals surface area contributed by atoms with E-state index in [2.05, 4.69) is 110 Å². The van der Waals surface area contributed by atoms with Crippen LogP contribution in [0.1, 0.15) is 63.1 Å². The van der Waals surface area contributed by atoms with Crippen LogP contribution in [0.25, 0.3) is 0 Å². The first kappa shape index (κ1) is 24.7. The predicted molar refractivity (Wildman–Crippen MR) is 129 cm³/mol. The van der Waals surface area contributed by atoms with Crippen molar-refractivity contribution in [3.05, 3.63) is 65.2 Å². The molecule has 0 saturated heterocycles. The average molecular weight is 399 g/mol. The normalized spacial score (nSPS) is 13.9. The van der Waals surface area contributed by atoms with Crippen LogP contribution < -0.4 is 5.19 Å². The molecular weight excluding hydrogens is 356 g/mol. The van der Waals surface area contributed by atoms with Gasteiger partial charge in [0.1, 0.15) is 0 Å². The highest BCUT2D eigenvalue weighted by Gasteiger charge is 2.17. The van der Waals surface area contributed by atoms with E-state index in [1.807, 2.05) is 0 Å². The summed E-state index contributed by atoms with van der Waals surface area (Å²) in [5.74, 6) is 2.16. The summed E-state index contributed by atoms with van der Waals surface area (Å²) in [5, 5.41) is 10.8. The molecule has 2 atom stereocenters. The van der Waals surface area contributed by atoms with Gasteiger partial charge in [0.2, 0.25) is 0 Å². The first-order chi connectivity index (χ1) is 13.0. The summed E-state index contributed by atoms with van der Waals surface area (Å²) in [6.07, 6.45) is 0. The fraction of sp³-hybridized carbons (Fsp3) is 0.538. The maximum absolute atomic E-state index is 9.22. The Morgan fingerprint density at radius 2 is 1.18 bits per heavy atom. The molecule has 0 bridgehead atoms. The SMILES string of the molecule is CC(C)C(C)c1ccc([Si](C)(C)C)cc1.Cc1ccc(C(CO)C(C)C)cc1. The van der Waals surface area contributed by atoms with Crippen LogP contribution in [0.5, 0.6) is 0 Å². The van der Waals surface area contributed by atoms with E-state index in [4.69, 9.17) is 0 Å². The highest BCUT2D eigenvalue weighted by atomic mass is 28.3. The van der Waals surface area contributed by atoms with Gasteiger partial charge < -0.3 is 5.11 Å². The largest absolute Gasteiger partial charge is 0.396 e. The van der Waals surface area contributed by atoms with Crippen molar-refractivity contribution in [3.63, 3.8) is 0 Å². The molecule has 0 aliphatic carbocycles. The topological polar surface area (TPSA) is 20.2 Å². The molecule has 1 N–H and O–H groups in total. The Kier molecular flexibility index (Phi) is 9.66. The van der Waals surface area contributed by atoms with Crippen molar-refractivity contribution in [1.82, 2.24) is 0 Å². The zero-order chi connectivity index (χ0) is 21.5. The van der Waals surface area contributed by atoms with E-state index in [1.165, 1.54) is 16.7 Å². The van der Waals surface area contributed by atoms with Crippen molar-refractivity contribution in [3.8, 4) is 0 Å². The Hall–Kier alpha value is -1.38. The molecule has 0 spiro atoms. The van der Waals surface area contributed by atoms with E-state index < -0.39 is 8.07 Å². The minimum Gasteiger partial charge on any atom is -0.396 e. The van der Waals surface area contributed by atoms with Gasteiger partial charge in [-0.3, -0.25) is 0 Å². The second-order valence-electron chi connectivity index (χ2n) is 9.85. The average Bonchev–Trinajstić information content (AvgIpc) is 2.63. The van der Waals surface area contributed by atoms with Crippen molar-refractivity contribution in [2.75, 3.05) is 6.61 Å². The molecule has 0 aliphatic rings. The quantitative estimate of drug-likeness (QED) is 0.536. The molecule has 156 valence electrons. The van der Waals surface area contributed by atoms with Crippen LogP contribution in [0.15, 0.2) is 48.5 Å². The lowest BCUT2D eigenvalue weighted by Crippen LogP contribution is -2.37. The van der Waals surface area contributed by atoms with Crippen molar-refractivity contribution >= 4 is 13.3 Å². The zero-order valence-corrected chi connectivity index (χ0v) is 20.6. The van der Waals surface area contributed by atoms with E-state index in [0.29, 0.717) is 11.8 Å². The molecule has 0 heterocycles. The Labute approximate surface area is 175 Å². The van der Waals surface area contributed by atoms with Gasteiger partial charge in [0.05, 0.1) is 14.7 Å². The van der Waals surface area contributed by atoms with Crippen LogP contribution in [-0.2, 0) is 0 Å². The molecule has 1 nitrogen and oxygen atoms in total. The summed E-state index contributed by atoms with van der Waals surface area (Å²) >= 11 is 0. The van der Waals surface area contributed by atoms with Crippen molar-refractivity contribution in [2.45, 2.75) is 73.0 Å². The fourth-order valence-electron chi connectivity index (χ4n) is 3.19. The minimum atomic E-state index is -1.12. The van der Waals surface area contributed by atoms with Crippen LogP contribution in [-0.4, -0.2) is 19.8 Å². The zero-order valence-electron chi connectivity index (χ0n) is 19.6. The molecule has 0 saturated carbocycles. The van der Waals surface area contributed by atoms with E-state index in [1.54, 1.807) is 5.19 Å². The number of aliphatic hydroxyl groups is 1. The van der Waals surface area contributed by atoms with Gasteiger partial charge >= 0.3 is 0 Å². The molecule has 0 radical (unpaired) electrons. The molecular formula is C26H42OSi. The minimum absolute atomic E-state index is 0.237. The molecule has 0 aromatic heterocycles. The Balaban J connectivity index is 0.000000283. The van der Waals surface area contributed by atoms with Gasteiger partial charge in [-0.15, -0.1) is 0 Å². The van der Waals surface area contributed by atoms with Crippen LogP contribution in [0.3, 0.4) is 0 Å². The van der Waals surface area contributed by atoms with Gasteiger partial charge in [0, 0.05) is 5.92 Å². The number of hydrogen-bond donors (Lipinski definition) is 1. The molecule has 2 aromatic rings. The van der Waals surface area contributed by atoms with E-state index in [0.717, 1.165) is 5.92 Å². The van der Waals surface area contributed by atoms with Gasteiger partial charge in [0.15, 0.2) is 0 Å². The maximum Gasteiger partial charge on any atom is 0.0775 e. The van der Waals surface area contributed by atoms with E-state index in [-0.39, 0.29) is 12.5 Å². The number of aliphatic hydroxyl groups excluding tert-OH is 1. The fourth-order valence-corrected chi connectivity index (χ4v) is 4.35. The molecule has 0 fully saturated rings. The first-order valence-electron chi connectivity index (χ1n) is 10.7. The van der Waals surface area contributed by atoms with Crippen molar-refractivity contribution < 1.29 is 5.11 Å². The molecule has 0 amide bonds. The number of aryl methyl sites for hydroxylation is 1. The van der Waals surface area contributed by atoms with Gasteiger partial charge in [-0.25, -0.2) is 0 Å². The molecule has 2 rings (SSSR count). The number of hydrogen-bond acceptors (Lipinski definition) is 1. The third-order valence-electron chi connectivity index (χ3n) is 5.81. The van der Waals surface area contributed by atoms with Gasteiger partial charge in [0.25, 0.3) is 0 Å². The van der Waals surface area contributed by atoms with E-state index in [9.17, 15) is 5.11 Å². The highest BCUT2D eigenvalue weighted by molar-refractivity contribution is 6.88. The van der Waals surface area contributed by atoms with Gasteiger partial charge in [-0.1, -0.05) is 114 Å². The molecule has 0 aliphatic heterocycles. The van der Waals surface area contributed by atoms with Gasteiger partial charge in [-0.05, 0) is 35.8 Å².